The summed E-state index contributed by atoms with van der Waals surface area (Å²) in [4.78, 5) is 11.8. The van der Waals surface area contributed by atoms with Gasteiger partial charge in [0.15, 0.2) is 5.58 Å². The molecule has 0 unspecified atom stereocenters. The Morgan fingerprint density at radius 2 is 1.74 bits per heavy atom. The maximum Gasteiger partial charge on any atom is 0.419 e. The molecule has 3 aromatic rings. The van der Waals surface area contributed by atoms with Crippen LogP contribution in [0.4, 0.5) is 5.69 Å². The summed E-state index contributed by atoms with van der Waals surface area (Å²) in [5.41, 5.74) is 2.52. The third-order valence-corrected chi connectivity index (χ3v) is 6.71. The van der Waals surface area contributed by atoms with Crippen LogP contribution < -0.4 is 10.5 Å². The molecule has 1 aliphatic carbocycles. The second-order valence-corrected chi connectivity index (χ2v) is 8.80. The van der Waals surface area contributed by atoms with E-state index in [-0.39, 0.29) is 4.90 Å². The number of benzene rings is 2. The SMILES string of the molecule is Cn1c(=O)oc2cc(NS(=O)(=O)c3ccc(C4CCCCC4)cc3)ccc21. The molecule has 0 saturated heterocycles. The first-order valence-electron chi connectivity index (χ1n) is 9.16. The highest BCUT2D eigenvalue weighted by Gasteiger charge is 2.18. The van der Waals surface area contributed by atoms with E-state index in [9.17, 15) is 13.2 Å². The highest BCUT2D eigenvalue weighted by Crippen LogP contribution is 2.33. The molecular weight excluding hydrogens is 364 g/mol. The molecule has 1 aromatic heterocycles. The number of sulfonamides is 1. The first kappa shape index (κ1) is 17.9. The molecule has 0 aliphatic heterocycles. The Kier molecular flexibility index (Phi) is 4.55. The Hall–Kier alpha value is -2.54. The standard InChI is InChI=1S/C20H22N2O4S/c1-22-18-12-9-16(13-19(18)26-20(22)23)21-27(24,25)17-10-7-15(8-11-17)14-5-3-2-4-6-14/h7-14,21H,2-6H2,1H3. The van der Waals surface area contributed by atoms with Gasteiger partial charge in [0.1, 0.15) is 0 Å². The first-order valence-corrected chi connectivity index (χ1v) is 10.6. The van der Waals surface area contributed by atoms with Crippen molar-refractivity contribution in [3.8, 4) is 0 Å². The number of nitrogens with one attached hydrogen (secondary N) is 1. The lowest BCUT2D eigenvalue weighted by Gasteiger charge is -2.22. The lowest BCUT2D eigenvalue weighted by atomic mass is 9.84. The Labute approximate surface area is 157 Å². The van der Waals surface area contributed by atoms with Crippen LogP contribution in [-0.4, -0.2) is 13.0 Å². The zero-order valence-electron chi connectivity index (χ0n) is 15.1. The van der Waals surface area contributed by atoms with Crippen molar-refractivity contribution in [2.75, 3.05) is 4.72 Å². The quantitative estimate of drug-likeness (QED) is 0.735. The zero-order chi connectivity index (χ0) is 19.0. The molecule has 4 rings (SSSR count). The van der Waals surface area contributed by atoms with Crippen molar-refractivity contribution in [1.82, 2.24) is 4.57 Å². The summed E-state index contributed by atoms with van der Waals surface area (Å²) in [5, 5.41) is 0. The first-order chi connectivity index (χ1) is 12.9. The number of aryl methyl sites for hydroxylation is 1. The third kappa shape index (κ3) is 3.51. The van der Waals surface area contributed by atoms with Gasteiger partial charge in [0.25, 0.3) is 10.0 Å². The lowest BCUT2D eigenvalue weighted by Crippen LogP contribution is -2.13. The molecule has 0 radical (unpaired) electrons. The molecular formula is C20H22N2O4S. The minimum atomic E-state index is -3.71. The minimum absolute atomic E-state index is 0.219. The molecule has 1 fully saturated rings. The van der Waals surface area contributed by atoms with Crippen molar-refractivity contribution in [2.24, 2.45) is 7.05 Å². The summed E-state index contributed by atoms with van der Waals surface area (Å²) in [7, 11) is -2.11. The lowest BCUT2D eigenvalue weighted by molar-refractivity contribution is 0.443. The summed E-state index contributed by atoms with van der Waals surface area (Å²) < 4.78 is 34.4. The van der Waals surface area contributed by atoms with Gasteiger partial charge in [-0.2, -0.15) is 0 Å². The van der Waals surface area contributed by atoms with E-state index in [0.29, 0.717) is 22.7 Å². The van der Waals surface area contributed by atoms with E-state index in [2.05, 4.69) is 4.72 Å². The zero-order valence-corrected chi connectivity index (χ0v) is 16.0. The van der Waals surface area contributed by atoms with Crippen LogP contribution in [0.15, 0.2) is 56.6 Å². The van der Waals surface area contributed by atoms with E-state index in [0.717, 1.165) is 0 Å². The predicted octanol–water partition coefficient (Wildman–Crippen LogP) is 3.98. The van der Waals surface area contributed by atoms with Gasteiger partial charge < -0.3 is 4.42 Å². The summed E-state index contributed by atoms with van der Waals surface area (Å²) in [6.07, 6.45) is 6.12. The summed E-state index contributed by atoms with van der Waals surface area (Å²) in [6, 6.07) is 12.0. The van der Waals surface area contributed by atoms with E-state index in [1.807, 2.05) is 12.1 Å². The minimum Gasteiger partial charge on any atom is -0.408 e. The highest BCUT2D eigenvalue weighted by atomic mass is 32.2. The molecule has 142 valence electrons. The van der Waals surface area contributed by atoms with Crippen molar-refractivity contribution in [3.05, 3.63) is 58.6 Å². The van der Waals surface area contributed by atoms with Crippen molar-refractivity contribution in [2.45, 2.75) is 42.9 Å². The van der Waals surface area contributed by atoms with Gasteiger partial charge in [0.2, 0.25) is 0 Å². The van der Waals surface area contributed by atoms with Gasteiger partial charge in [0, 0.05) is 13.1 Å². The van der Waals surface area contributed by atoms with Gasteiger partial charge >= 0.3 is 5.76 Å². The molecule has 7 heteroatoms. The monoisotopic (exact) mass is 386 g/mol. The van der Waals surface area contributed by atoms with E-state index in [4.69, 9.17) is 4.42 Å². The van der Waals surface area contributed by atoms with E-state index < -0.39 is 15.8 Å². The molecule has 0 amide bonds. The Balaban J connectivity index is 1.57. The maximum atomic E-state index is 12.7. The average Bonchev–Trinajstić information content (AvgIpc) is 2.96. The fraction of sp³-hybridized carbons (Fsp3) is 0.350. The van der Waals surface area contributed by atoms with Crippen LogP contribution in [0.2, 0.25) is 0 Å². The summed E-state index contributed by atoms with van der Waals surface area (Å²) in [6.45, 7) is 0. The van der Waals surface area contributed by atoms with Crippen LogP contribution >= 0.6 is 0 Å². The number of hydrogen-bond donors (Lipinski definition) is 1. The van der Waals surface area contributed by atoms with Gasteiger partial charge in [0.05, 0.1) is 16.1 Å². The van der Waals surface area contributed by atoms with Gasteiger partial charge in [-0.1, -0.05) is 31.4 Å². The Morgan fingerprint density at radius 3 is 2.44 bits per heavy atom. The topological polar surface area (TPSA) is 81.3 Å². The van der Waals surface area contributed by atoms with E-state index in [1.54, 1.807) is 31.3 Å². The molecule has 0 atom stereocenters. The molecule has 1 saturated carbocycles. The molecule has 1 N–H and O–H groups in total. The summed E-state index contributed by atoms with van der Waals surface area (Å²) >= 11 is 0. The second kappa shape index (κ2) is 6.88. The van der Waals surface area contributed by atoms with Crippen LogP contribution in [0.5, 0.6) is 0 Å². The largest absolute Gasteiger partial charge is 0.419 e. The van der Waals surface area contributed by atoms with Crippen molar-refractivity contribution < 1.29 is 12.8 Å². The van der Waals surface area contributed by atoms with Crippen LogP contribution in [0.1, 0.15) is 43.6 Å². The second-order valence-electron chi connectivity index (χ2n) is 7.12. The van der Waals surface area contributed by atoms with Crippen LogP contribution in [-0.2, 0) is 17.1 Å². The molecule has 27 heavy (non-hydrogen) atoms. The van der Waals surface area contributed by atoms with E-state index in [1.165, 1.54) is 48.3 Å². The number of aromatic nitrogens is 1. The third-order valence-electron chi connectivity index (χ3n) is 5.31. The Morgan fingerprint density at radius 1 is 1.04 bits per heavy atom. The number of rotatable bonds is 4. The smallest absolute Gasteiger partial charge is 0.408 e. The van der Waals surface area contributed by atoms with Crippen LogP contribution in [0.3, 0.4) is 0 Å². The molecule has 0 spiro atoms. The number of anilines is 1. The fourth-order valence-electron chi connectivity index (χ4n) is 3.77. The van der Waals surface area contributed by atoms with Crippen molar-refractivity contribution in [3.63, 3.8) is 0 Å². The molecule has 1 heterocycles. The fourth-order valence-corrected chi connectivity index (χ4v) is 4.82. The van der Waals surface area contributed by atoms with Gasteiger partial charge in [-0.15, -0.1) is 0 Å². The van der Waals surface area contributed by atoms with Gasteiger partial charge in [-0.3, -0.25) is 9.29 Å². The van der Waals surface area contributed by atoms with Crippen LogP contribution in [0, 0.1) is 0 Å². The predicted molar refractivity (Wildman–Crippen MR) is 105 cm³/mol. The molecule has 0 bridgehead atoms. The van der Waals surface area contributed by atoms with E-state index >= 15 is 0 Å². The number of hydrogen-bond acceptors (Lipinski definition) is 4. The average molecular weight is 386 g/mol. The van der Waals surface area contributed by atoms with Crippen molar-refractivity contribution in [1.29, 1.82) is 0 Å². The van der Waals surface area contributed by atoms with Crippen LogP contribution in [0.25, 0.3) is 11.1 Å². The van der Waals surface area contributed by atoms with Gasteiger partial charge in [-0.05, 0) is 48.6 Å². The van der Waals surface area contributed by atoms with Gasteiger partial charge in [-0.25, -0.2) is 13.2 Å². The number of nitrogens with zero attached hydrogens (tertiary/aromatic N) is 1. The molecule has 6 nitrogen and oxygen atoms in total. The van der Waals surface area contributed by atoms with Crippen molar-refractivity contribution >= 4 is 26.8 Å². The molecule has 1 aliphatic rings. The normalized spacial score (nSPS) is 15.9. The number of oxazole rings is 1. The Bertz CT molecular complexity index is 1120. The highest BCUT2D eigenvalue weighted by molar-refractivity contribution is 7.92. The maximum absolute atomic E-state index is 12.7. The number of fused-ring (bicyclic) bond motifs is 1. The summed E-state index contributed by atoms with van der Waals surface area (Å²) in [5.74, 6) is 0.0511. The molecule has 2 aromatic carbocycles.